The number of pyridine rings is 1. The van der Waals surface area contributed by atoms with E-state index in [0.717, 1.165) is 6.42 Å². The molecule has 1 atom stereocenters. The Bertz CT molecular complexity index is 535. The van der Waals surface area contributed by atoms with Gasteiger partial charge in [-0.3, -0.25) is 4.98 Å². The highest BCUT2D eigenvalue weighted by Gasteiger charge is 2.30. The average molecular weight is 249 g/mol. The molecule has 0 spiro atoms. The second-order valence-corrected chi connectivity index (χ2v) is 4.14. The van der Waals surface area contributed by atoms with Crippen LogP contribution in [0.4, 0.5) is 0 Å². The second-order valence-electron chi connectivity index (χ2n) is 4.14. The van der Waals surface area contributed by atoms with E-state index in [2.05, 4.69) is 15.1 Å². The van der Waals surface area contributed by atoms with Gasteiger partial charge in [-0.15, -0.1) is 0 Å². The van der Waals surface area contributed by atoms with Crippen molar-refractivity contribution in [1.29, 1.82) is 0 Å². The molecule has 6 nitrogen and oxygen atoms in total. The molecule has 0 aliphatic rings. The molecule has 96 valence electrons. The van der Waals surface area contributed by atoms with Gasteiger partial charge in [-0.05, 0) is 19.4 Å². The number of aromatic nitrogens is 3. The van der Waals surface area contributed by atoms with Gasteiger partial charge in [0.1, 0.15) is 11.4 Å². The predicted octanol–water partition coefficient (Wildman–Crippen LogP) is 2.11. The van der Waals surface area contributed by atoms with E-state index in [0.29, 0.717) is 17.3 Å². The van der Waals surface area contributed by atoms with Crippen LogP contribution in [-0.4, -0.2) is 27.3 Å². The van der Waals surface area contributed by atoms with Gasteiger partial charge in [-0.25, -0.2) is 0 Å². The molecule has 0 aromatic carbocycles. The number of hydrogen-bond donors (Lipinski definition) is 1. The van der Waals surface area contributed by atoms with Crippen molar-refractivity contribution in [1.82, 2.24) is 15.1 Å². The molecule has 1 N–H and O–H groups in total. The molecule has 0 saturated heterocycles. The van der Waals surface area contributed by atoms with E-state index in [4.69, 9.17) is 9.26 Å². The maximum Gasteiger partial charge on any atom is 0.259 e. The molecule has 0 saturated carbocycles. The van der Waals surface area contributed by atoms with Crippen LogP contribution in [0.5, 0.6) is 5.75 Å². The maximum atomic E-state index is 9.36. The van der Waals surface area contributed by atoms with Crippen LogP contribution in [0.15, 0.2) is 23.0 Å². The van der Waals surface area contributed by atoms with Gasteiger partial charge in [0.15, 0.2) is 0 Å². The minimum atomic E-state index is -0.577. The molecular formula is C12H15N3O3. The first-order valence-electron chi connectivity index (χ1n) is 5.63. The summed E-state index contributed by atoms with van der Waals surface area (Å²) in [4.78, 5) is 8.14. The molecule has 2 aromatic rings. The third kappa shape index (κ3) is 2.19. The molecule has 0 aliphatic carbocycles. The normalized spacial score (nSPS) is 14.4. The average Bonchev–Trinajstić information content (AvgIpc) is 2.88. The van der Waals surface area contributed by atoms with Gasteiger partial charge in [-0.2, -0.15) is 4.98 Å². The first-order chi connectivity index (χ1) is 8.59. The van der Waals surface area contributed by atoms with E-state index in [1.165, 1.54) is 12.3 Å². The Morgan fingerprint density at radius 1 is 1.44 bits per heavy atom. The summed E-state index contributed by atoms with van der Waals surface area (Å²) in [6.45, 7) is 3.87. The van der Waals surface area contributed by atoms with E-state index in [9.17, 15) is 5.11 Å². The fourth-order valence-corrected chi connectivity index (χ4v) is 1.49. The molecule has 2 aromatic heterocycles. The lowest BCUT2D eigenvalue weighted by atomic mass is 10.0. The van der Waals surface area contributed by atoms with Crippen LogP contribution in [0.2, 0.25) is 0 Å². The quantitative estimate of drug-likeness (QED) is 0.893. The van der Waals surface area contributed by atoms with Crippen LogP contribution in [0.1, 0.15) is 26.1 Å². The summed E-state index contributed by atoms with van der Waals surface area (Å²) in [7, 11) is 1.61. The van der Waals surface area contributed by atoms with E-state index in [1.54, 1.807) is 13.3 Å². The predicted molar refractivity (Wildman–Crippen MR) is 63.8 cm³/mol. The van der Waals surface area contributed by atoms with Crippen LogP contribution in [0.3, 0.4) is 0 Å². The van der Waals surface area contributed by atoms with Crippen molar-refractivity contribution in [2.75, 3.05) is 7.11 Å². The minimum Gasteiger partial charge on any atom is -0.506 e. The van der Waals surface area contributed by atoms with E-state index < -0.39 is 5.60 Å². The topological polar surface area (TPSA) is 81.3 Å². The number of ether oxygens (including phenoxy) is 1. The van der Waals surface area contributed by atoms with Gasteiger partial charge in [0.2, 0.25) is 5.82 Å². The number of nitrogens with zero attached hydrogens (tertiary/aromatic N) is 3. The van der Waals surface area contributed by atoms with Gasteiger partial charge in [-0.1, -0.05) is 12.1 Å². The van der Waals surface area contributed by atoms with Crippen molar-refractivity contribution in [3.8, 4) is 17.2 Å². The standard InChI is InChI=1S/C12H15N3O3/c1-4-12(2,17-3)11-14-10(18-15-11)8-5-9(16)7-13-6-8/h5-7,16H,4H2,1-3H3. The molecule has 0 bridgehead atoms. The van der Waals surface area contributed by atoms with Gasteiger partial charge in [0, 0.05) is 13.3 Å². The molecule has 1 unspecified atom stereocenters. The summed E-state index contributed by atoms with van der Waals surface area (Å²) in [6.07, 6.45) is 3.61. The first kappa shape index (κ1) is 12.5. The molecule has 2 heterocycles. The highest BCUT2D eigenvalue weighted by atomic mass is 16.5. The van der Waals surface area contributed by atoms with Gasteiger partial charge >= 0.3 is 0 Å². The lowest BCUT2D eigenvalue weighted by Gasteiger charge is -2.21. The van der Waals surface area contributed by atoms with Crippen LogP contribution in [-0.2, 0) is 10.3 Å². The SMILES string of the molecule is CCC(C)(OC)c1noc(-c2cncc(O)c2)n1. The van der Waals surface area contributed by atoms with Crippen LogP contribution < -0.4 is 0 Å². The van der Waals surface area contributed by atoms with Crippen molar-refractivity contribution in [3.05, 3.63) is 24.3 Å². The van der Waals surface area contributed by atoms with Crippen molar-refractivity contribution in [3.63, 3.8) is 0 Å². The third-order valence-electron chi connectivity index (χ3n) is 2.99. The van der Waals surface area contributed by atoms with E-state index >= 15 is 0 Å². The van der Waals surface area contributed by atoms with Gasteiger partial charge in [0.05, 0.1) is 11.8 Å². The van der Waals surface area contributed by atoms with Crippen molar-refractivity contribution >= 4 is 0 Å². The highest BCUT2D eigenvalue weighted by molar-refractivity contribution is 5.53. The Hall–Kier alpha value is -1.95. The number of methoxy groups -OCH3 is 1. The molecular weight excluding hydrogens is 234 g/mol. The number of rotatable bonds is 4. The van der Waals surface area contributed by atoms with Crippen molar-refractivity contribution < 1.29 is 14.4 Å². The van der Waals surface area contributed by atoms with Gasteiger partial charge < -0.3 is 14.4 Å². The number of hydrogen-bond acceptors (Lipinski definition) is 6. The second kappa shape index (κ2) is 4.73. The molecule has 0 fully saturated rings. The summed E-state index contributed by atoms with van der Waals surface area (Å²) < 4.78 is 10.6. The zero-order valence-electron chi connectivity index (χ0n) is 10.5. The molecule has 2 rings (SSSR count). The van der Waals surface area contributed by atoms with Crippen molar-refractivity contribution in [2.45, 2.75) is 25.9 Å². The lowest BCUT2D eigenvalue weighted by molar-refractivity contribution is -0.0106. The van der Waals surface area contributed by atoms with Crippen molar-refractivity contribution in [2.24, 2.45) is 0 Å². The summed E-state index contributed by atoms with van der Waals surface area (Å²) in [5, 5.41) is 13.3. The maximum absolute atomic E-state index is 9.36. The highest BCUT2D eigenvalue weighted by Crippen LogP contribution is 2.28. The number of aromatic hydroxyl groups is 1. The van der Waals surface area contributed by atoms with Crippen LogP contribution in [0, 0.1) is 0 Å². The molecule has 0 aliphatic heterocycles. The summed E-state index contributed by atoms with van der Waals surface area (Å²) in [6, 6.07) is 1.51. The zero-order valence-corrected chi connectivity index (χ0v) is 10.5. The Labute approximate surface area is 105 Å². The van der Waals surface area contributed by atoms with Crippen LogP contribution in [0.25, 0.3) is 11.5 Å². The fourth-order valence-electron chi connectivity index (χ4n) is 1.49. The monoisotopic (exact) mass is 249 g/mol. The summed E-state index contributed by atoms with van der Waals surface area (Å²) in [5.41, 5.74) is -0.00487. The van der Waals surface area contributed by atoms with Crippen LogP contribution >= 0.6 is 0 Å². The Morgan fingerprint density at radius 2 is 2.22 bits per heavy atom. The molecule has 18 heavy (non-hydrogen) atoms. The van der Waals surface area contributed by atoms with E-state index in [-0.39, 0.29) is 5.75 Å². The molecule has 0 radical (unpaired) electrons. The van der Waals surface area contributed by atoms with Gasteiger partial charge in [0.25, 0.3) is 5.89 Å². The third-order valence-corrected chi connectivity index (χ3v) is 2.99. The van der Waals surface area contributed by atoms with E-state index in [1.807, 2.05) is 13.8 Å². The molecule has 0 amide bonds. The Kier molecular flexibility index (Phi) is 3.29. The summed E-state index contributed by atoms with van der Waals surface area (Å²) >= 11 is 0. The first-order valence-corrected chi connectivity index (χ1v) is 5.63. The lowest BCUT2D eigenvalue weighted by Crippen LogP contribution is -2.24. The minimum absolute atomic E-state index is 0.0530. The smallest absolute Gasteiger partial charge is 0.259 e. The Balaban J connectivity index is 2.36. The molecule has 6 heteroatoms. The largest absolute Gasteiger partial charge is 0.506 e. The summed E-state index contributed by atoms with van der Waals surface area (Å²) in [5.74, 6) is 0.841. The Morgan fingerprint density at radius 3 is 2.83 bits per heavy atom. The fraction of sp³-hybridized carbons (Fsp3) is 0.417. The zero-order chi connectivity index (χ0) is 13.2.